The Labute approximate surface area is 144 Å². The van der Waals surface area contributed by atoms with Crippen LogP contribution in [0, 0.1) is 25.5 Å². The van der Waals surface area contributed by atoms with E-state index in [2.05, 4.69) is 0 Å². The van der Waals surface area contributed by atoms with Gasteiger partial charge in [0.2, 0.25) is 0 Å². The van der Waals surface area contributed by atoms with Crippen LogP contribution in [0.2, 0.25) is 0 Å². The average Bonchev–Trinajstić information content (AvgIpc) is 2.54. The lowest BCUT2D eigenvalue weighted by Crippen LogP contribution is -2.33. The van der Waals surface area contributed by atoms with Crippen molar-refractivity contribution in [1.82, 2.24) is 4.90 Å². The number of hydrogen-bond donors (Lipinski definition) is 1. The predicted octanol–water partition coefficient (Wildman–Crippen LogP) is 3.70. The molecule has 6 heteroatoms. The molecule has 0 aromatic heterocycles. The van der Waals surface area contributed by atoms with Gasteiger partial charge in [0.05, 0.1) is 6.42 Å². The van der Waals surface area contributed by atoms with Gasteiger partial charge in [-0.15, -0.1) is 0 Å². The van der Waals surface area contributed by atoms with Gasteiger partial charge in [0, 0.05) is 18.7 Å². The van der Waals surface area contributed by atoms with Gasteiger partial charge in [-0.2, -0.15) is 0 Å². The Morgan fingerprint density at radius 3 is 2.36 bits per heavy atom. The van der Waals surface area contributed by atoms with Crippen molar-refractivity contribution in [3.8, 4) is 0 Å². The molecule has 132 valence electrons. The standard InChI is InChI=1S/C19H19F2NO3/c1-12-3-5-15(13(2)9-12)19(25)22(8-7-18(23)24)11-14-4-6-16(20)17(21)10-14/h3-6,9-10H,7-8,11H2,1-2H3,(H,23,24). The van der Waals surface area contributed by atoms with Crippen molar-refractivity contribution in [3.63, 3.8) is 0 Å². The van der Waals surface area contributed by atoms with Crippen LogP contribution in [0.4, 0.5) is 8.78 Å². The van der Waals surface area contributed by atoms with Crippen LogP contribution in [0.5, 0.6) is 0 Å². The SMILES string of the molecule is Cc1ccc(C(=O)N(CCC(=O)O)Cc2ccc(F)c(F)c2)c(C)c1. The average molecular weight is 347 g/mol. The summed E-state index contributed by atoms with van der Waals surface area (Å²) in [5, 5.41) is 8.90. The molecule has 0 bridgehead atoms. The number of carboxylic acid groups (broad SMARTS) is 1. The fourth-order valence-corrected chi connectivity index (χ4v) is 2.57. The number of amides is 1. The molecule has 0 aliphatic carbocycles. The van der Waals surface area contributed by atoms with Crippen molar-refractivity contribution < 1.29 is 23.5 Å². The minimum absolute atomic E-state index is 0.00334. The van der Waals surface area contributed by atoms with E-state index in [-0.39, 0.29) is 25.4 Å². The number of aliphatic carboxylic acids is 1. The molecule has 0 atom stereocenters. The van der Waals surface area contributed by atoms with Crippen molar-refractivity contribution in [2.24, 2.45) is 0 Å². The highest BCUT2D eigenvalue weighted by Crippen LogP contribution is 2.17. The van der Waals surface area contributed by atoms with E-state index in [1.807, 2.05) is 13.0 Å². The number of rotatable bonds is 6. The smallest absolute Gasteiger partial charge is 0.305 e. The Balaban J connectivity index is 2.29. The third-order valence-corrected chi connectivity index (χ3v) is 3.85. The molecule has 4 nitrogen and oxygen atoms in total. The zero-order valence-corrected chi connectivity index (χ0v) is 14.1. The van der Waals surface area contributed by atoms with Crippen LogP contribution in [0.25, 0.3) is 0 Å². The maximum absolute atomic E-state index is 13.4. The summed E-state index contributed by atoms with van der Waals surface area (Å²) in [6.45, 7) is 3.68. The summed E-state index contributed by atoms with van der Waals surface area (Å²) in [7, 11) is 0. The first-order valence-corrected chi connectivity index (χ1v) is 7.80. The van der Waals surface area contributed by atoms with Crippen LogP contribution in [0.15, 0.2) is 36.4 Å². The summed E-state index contributed by atoms with van der Waals surface area (Å²) < 4.78 is 26.5. The number of nitrogens with zero attached hydrogens (tertiary/aromatic N) is 1. The topological polar surface area (TPSA) is 57.6 Å². The van der Waals surface area contributed by atoms with Gasteiger partial charge >= 0.3 is 5.97 Å². The van der Waals surface area contributed by atoms with E-state index in [0.717, 1.165) is 23.3 Å². The second kappa shape index (κ2) is 7.88. The first kappa shape index (κ1) is 18.6. The van der Waals surface area contributed by atoms with Crippen molar-refractivity contribution >= 4 is 11.9 Å². The Hall–Kier alpha value is -2.76. The molecule has 2 aromatic carbocycles. The number of carboxylic acids is 1. The number of carbonyl (C=O) groups is 2. The quantitative estimate of drug-likeness (QED) is 0.867. The Morgan fingerprint density at radius 2 is 1.76 bits per heavy atom. The normalized spacial score (nSPS) is 10.6. The van der Waals surface area contributed by atoms with E-state index in [1.165, 1.54) is 11.0 Å². The van der Waals surface area contributed by atoms with Crippen molar-refractivity contribution in [3.05, 3.63) is 70.3 Å². The first-order chi connectivity index (χ1) is 11.8. The highest BCUT2D eigenvalue weighted by molar-refractivity contribution is 5.95. The molecule has 0 heterocycles. The number of halogens is 2. The lowest BCUT2D eigenvalue weighted by atomic mass is 10.0. The Bertz CT molecular complexity index is 805. The Kier molecular flexibility index (Phi) is 5.85. The lowest BCUT2D eigenvalue weighted by Gasteiger charge is -2.23. The van der Waals surface area contributed by atoms with Gasteiger partial charge in [-0.05, 0) is 43.2 Å². The molecule has 1 N–H and O–H groups in total. The van der Waals surface area contributed by atoms with Crippen LogP contribution >= 0.6 is 0 Å². The maximum Gasteiger partial charge on any atom is 0.305 e. The second-order valence-corrected chi connectivity index (χ2v) is 5.94. The van der Waals surface area contributed by atoms with E-state index in [4.69, 9.17) is 5.11 Å². The van der Waals surface area contributed by atoms with Crippen molar-refractivity contribution in [2.45, 2.75) is 26.8 Å². The fourth-order valence-electron chi connectivity index (χ4n) is 2.57. The number of carbonyl (C=O) groups excluding carboxylic acids is 1. The highest BCUT2D eigenvalue weighted by atomic mass is 19.2. The summed E-state index contributed by atoms with van der Waals surface area (Å²) in [6.07, 6.45) is -0.236. The maximum atomic E-state index is 13.4. The minimum Gasteiger partial charge on any atom is -0.481 e. The zero-order chi connectivity index (χ0) is 18.6. The molecule has 0 aliphatic rings. The molecule has 0 saturated carbocycles. The van der Waals surface area contributed by atoms with Crippen molar-refractivity contribution in [2.75, 3.05) is 6.54 Å². The largest absolute Gasteiger partial charge is 0.481 e. The number of benzene rings is 2. The van der Waals surface area contributed by atoms with Crippen molar-refractivity contribution in [1.29, 1.82) is 0 Å². The van der Waals surface area contributed by atoms with Crippen LogP contribution in [0.3, 0.4) is 0 Å². The predicted molar refractivity (Wildman–Crippen MR) is 89.3 cm³/mol. The van der Waals surface area contributed by atoms with Gasteiger partial charge in [0.15, 0.2) is 11.6 Å². The third-order valence-electron chi connectivity index (χ3n) is 3.85. The summed E-state index contributed by atoms with van der Waals surface area (Å²) in [5.41, 5.74) is 2.63. The third kappa shape index (κ3) is 4.86. The van der Waals surface area contributed by atoms with Crippen LogP contribution in [0.1, 0.15) is 33.5 Å². The van der Waals surface area contributed by atoms with Crippen LogP contribution in [-0.2, 0) is 11.3 Å². The molecule has 2 aromatic rings. The van der Waals surface area contributed by atoms with E-state index in [1.54, 1.807) is 19.1 Å². The van der Waals surface area contributed by atoms with E-state index >= 15 is 0 Å². The molecular weight excluding hydrogens is 328 g/mol. The summed E-state index contributed by atoms with van der Waals surface area (Å²) >= 11 is 0. The van der Waals surface area contributed by atoms with Gasteiger partial charge in [-0.3, -0.25) is 9.59 Å². The molecular formula is C19H19F2NO3. The minimum atomic E-state index is -1.04. The first-order valence-electron chi connectivity index (χ1n) is 7.80. The molecule has 0 radical (unpaired) electrons. The van der Waals surface area contributed by atoms with Crippen LogP contribution < -0.4 is 0 Å². The zero-order valence-electron chi connectivity index (χ0n) is 14.1. The van der Waals surface area contributed by atoms with Crippen LogP contribution in [-0.4, -0.2) is 28.4 Å². The molecule has 0 fully saturated rings. The van der Waals surface area contributed by atoms with Gasteiger partial charge in [-0.25, -0.2) is 8.78 Å². The van der Waals surface area contributed by atoms with Gasteiger partial charge in [0.25, 0.3) is 5.91 Å². The molecule has 1 amide bonds. The number of aryl methyl sites for hydroxylation is 2. The summed E-state index contributed by atoms with van der Waals surface area (Å²) in [4.78, 5) is 25.0. The number of hydrogen-bond acceptors (Lipinski definition) is 2. The molecule has 0 saturated heterocycles. The lowest BCUT2D eigenvalue weighted by molar-refractivity contribution is -0.137. The molecule has 0 spiro atoms. The molecule has 0 aliphatic heterocycles. The molecule has 25 heavy (non-hydrogen) atoms. The van der Waals surface area contributed by atoms with Gasteiger partial charge in [0.1, 0.15) is 0 Å². The molecule has 2 rings (SSSR count). The highest BCUT2D eigenvalue weighted by Gasteiger charge is 2.19. The summed E-state index contributed by atoms with van der Waals surface area (Å²) in [6, 6.07) is 8.72. The Morgan fingerprint density at radius 1 is 1.04 bits per heavy atom. The van der Waals surface area contributed by atoms with E-state index < -0.39 is 17.6 Å². The fraction of sp³-hybridized carbons (Fsp3) is 0.263. The van der Waals surface area contributed by atoms with Gasteiger partial charge < -0.3 is 10.0 Å². The molecule has 0 unspecified atom stereocenters. The second-order valence-electron chi connectivity index (χ2n) is 5.94. The monoisotopic (exact) mass is 347 g/mol. The summed E-state index contributed by atoms with van der Waals surface area (Å²) in [5.74, 6) is -3.36. The van der Waals surface area contributed by atoms with E-state index in [9.17, 15) is 18.4 Å². The van der Waals surface area contributed by atoms with Gasteiger partial charge in [-0.1, -0.05) is 23.8 Å². The van der Waals surface area contributed by atoms with E-state index in [0.29, 0.717) is 11.1 Å².